The van der Waals surface area contributed by atoms with Crippen LogP contribution in [0.4, 0.5) is 0 Å². The van der Waals surface area contributed by atoms with Gasteiger partial charge in [-0.1, -0.05) is 25.1 Å². The molecule has 1 saturated carbocycles. The molecule has 1 atom stereocenters. The molecule has 0 radical (unpaired) electrons. The highest BCUT2D eigenvalue weighted by atomic mass is 16.5. The molecule has 1 aromatic carbocycles. The van der Waals surface area contributed by atoms with Crippen LogP contribution >= 0.6 is 0 Å². The molecule has 0 aliphatic heterocycles. The van der Waals surface area contributed by atoms with Gasteiger partial charge in [-0.05, 0) is 49.8 Å². The summed E-state index contributed by atoms with van der Waals surface area (Å²) in [6.45, 7) is 4.51. The average Bonchev–Trinajstić information content (AvgIpc) is 3.29. The third-order valence-electron chi connectivity index (χ3n) is 3.90. The first-order valence-electron chi connectivity index (χ1n) is 7.78. The zero-order valence-electron chi connectivity index (χ0n) is 12.7. The molecule has 1 aromatic rings. The summed E-state index contributed by atoms with van der Waals surface area (Å²) in [4.78, 5) is 0. The van der Waals surface area contributed by atoms with Crippen molar-refractivity contribution in [1.29, 1.82) is 0 Å². The molecule has 3 nitrogen and oxygen atoms in total. The first-order valence-corrected chi connectivity index (χ1v) is 7.78. The molecule has 0 saturated heterocycles. The molecule has 0 amide bonds. The minimum atomic E-state index is 0.618. The van der Waals surface area contributed by atoms with Crippen molar-refractivity contribution < 1.29 is 9.47 Å². The SMILES string of the molecule is CCNC(CCc1ccccc1OCCOC)C1CC1. The first-order chi connectivity index (χ1) is 9.85. The molecule has 0 bridgehead atoms. The Morgan fingerprint density at radius 2 is 2.05 bits per heavy atom. The fourth-order valence-electron chi connectivity index (χ4n) is 2.66. The van der Waals surface area contributed by atoms with Gasteiger partial charge in [0, 0.05) is 13.2 Å². The van der Waals surface area contributed by atoms with Crippen LogP contribution in [0.1, 0.15) is 31.7 Å². The number of benzene rings is 1. The summed E-state index contributed by atoms with van der Waals surface area (Å²) in [5, 5.41) is 3.63. The van der Waals surface area contributed by atoms with Crippen molar-refractivity contribution >= 4 is 0 Å². The number of hydrogen-bond acceptors (Lipinski definition) is 3. The maximum atomic E-state index is 5.80. The molecule has 1 aliphatic carbocycles. The Bertz CT molecular complexity index is 390. The van der Waals surface area contributed by atoms with E-state index in [-0.39, 0.29) is 0 Å². The maximum Gasteiger partial charge on any atom is 0.122 e. The molecule has 2 rings (SSSR count). The summed E-state index contributed by atoms with van der Waals surface area (Å²) in [5.74, 6) is 1.91. The van der Waals surface area contributed by atoms with E-state index in [1.54, 1.807) is 7.11 Å². The van der Waals surface area contributed by atoms with Crippen LogP contribution in [-0.2, 0) is 11.2 Å². The summed E-state index contributed by atoms with van der Waals surface area (Å²) in [7, 11) is 1.70. The lowest BCUT2D eigenvalue weighted by atomic mass is 10.0. The second-order valence-corrected chi connectivity index (χ2v) is 5.49. The summed E-state index contributed by atoms with van der Waals surface area (Å²) < 4.78 is 10.8. The Balaban J connectivity index is 1.87. The summed E-state index contributed by atoms with van der Waals surface area (Å²) in [6.07, 6.45) is 5.06. The number of ether oxygens (including phenoxy) is 2. The molecular weight excluding hydrogens is 250 g/mol. The van der Waals surface area contributed by atoms with Crippen molar-refractivity contribution in [2.75, 3.05) is 26.9 Å². The number of para-hydroxylation sites is 1. The predicted octanol–water partition coefficient (Wildman–Crippen LogP) is 3.03. The molecule has 1 unspecified atom stereocenters. The van der Waals surface area contributed by atoms with Crippen molar-refractivity contribution in [3.05, 3.63) is 29.8 Å². The van der Waals surface area contributed by atoms with E-state index in [0.29, 0.717) is 19.3 Å². The van der Waals surface area contributed by atoms with Crippen molar-refractivity contribution in [2.45, 2.75) is 38.6 Å². The minimum absolute atomic E-state index is 0.618. The number of methoxy groups -OCH3 is 1. The summed E-state index contributed by atoms with van der Waals surface area (Å²) in [6, 6.07) is 9.04. The minimum Gasteiger partial charge on any atom is -0.491 e. The lowest BCUT2D eigenvalue weighted by Crippen LogP contribution is -2.31. The van der Waals surface area contributed by atoms with E-state index in [0.717, 1.165) is 24.6 Å². The first kappa shape index (κ1) is 15.3. The van der Waals surface area contributed by atoms with E-state index in [9.17, 15) is 0 Å². The monoisotopic (exact) mass is 277 g/mol. The van der Waals surface area contributed by atoms with Crippen molar-refractivity contribution in [1.82, 2.24) is 5.32 Å². The Labute approximate surface area is 122 Å². The third-order valence-corrected chi connectivity index (χ3v) is 3.90. The van der Waals surface area contributed by atoms with E-state index >= 15 is 0 Å². The van der Waals surface area contributed by atoms with Crippen LogP contribution in [0.25, 0.3) is 0 Å². The Morgan fingerprint density at radius 1 is 1.25 bits per heavy atom. The molecular formula is C17H27NO2. The van der Waals surface area contributed by atoms with Gasteiger partial charge in [0.2, 0.25) is 0 Å². The Kier molecular flexibility index (Phi) is 6.34. The Morgan fingerprint density at radius 3 is 2.75 bits per heavy atom. The number of nitrogens with one attached hydrogen (secondary N) is 1. The fourth-order valence-corrected chi connectivity index (χ4v) is 2.66. The van der Waals surface area contributed by atoms with Gasteiger partial charge in [0.05, 0.1) is 6.61 Å². The molecule has 112 valence electrons. The zero-order valence-corrected chi connectivity index (χ0v) is 12.7. The molecule has 20 heavy (non-hydrogen) atoms. The van der Waals surface area contributed by atoms with Gasteiger partial charge < -0.3 is 14.8 Å². The molecule has 0 heterocycles. The highest BCUT2D eigenvalue weighted by molar-refractivity contribution is 5.33. The van der Waals surface area contributed by atoms with E-state index in [1.807, 2.05) is 6.07 Å². The van der Waals surface area contributed by atoms with Crippen LogP contribution in [0.3, 0.4) is 0 Å². The van der Waals surface area contributed by atoms with Gasteiger partial charge in [-0.3, -0.25) is 0 Å². The number of rotatable bonds is 10. The smallest absolute Gasteiger partial charge is 0.122 e. The van der Waals surface area contributed by atoms with Gasteiger partial charge in [-0.25, -0.2) is 0 Å². The van der Waals surface area contributed by atoms with Gasteiger partial charge in [0.25, 0.3) is 0 Å². The molecule has 3 heteroatoms. The van der Waals surface area contributed by atoms with E-state index in [1.165, 1.54) is 24.8 Å². The van der Waals surface area contributed by atoms with E-state index < -0.39 is 0 Å². The lowest BCUT2D eigenvalue weighted by molar-refractivity contribution is 0.145. The second kappa shape index (κ2) is 8.28. The van der Waals surface area contributed by atoms with Crippen LogP contribution in [0.15, 0.2) is 24.3 Å². The van der Waals surface area contributed by atoms with Crippen molar-refractivity contribution in [3.63, 3.8) is 0 Å². The topological polar surface area (TPSA) is 30.5 Å². The van der Waals surface area contributed by atoms with Crippen LogP contribution < -0.4 is 10.1 Å². The molecule has 1 N–H and O–H groups in total. The predicted molar refractivity (Wildman–Crippen MR) is 82.3 cm³/mol. The summed E-state index contributed by atoms with van der Waals surface area (Å²) >= 11 is 0. The maximum absolute atomic E-state index is 5.80. The number of hydrogen-bond donors (Lipinski definition) is 1. The highest BCUT2D eigenvalue weighted by Gasteiger charge is 2.30. The van der Waals surface area contributed by atoms with Gasteiger partial charge in [-0.2, -0.15) is 0 Å². The molecule has 0 spiro atoms. The van der Waals surface area contributed by atoms with Crippen molar-refractivity contribution in [2.24, 2.45) is 5.92 Å². The van der Waals surface area contributed by atoms with Crippen molar-refractivity contribution in [3.8, 4) is 5.75 Å². The summed E-state index contributed by atoms with van der Waals surface area (Å²) in [5.41, 5.74) is 1.31. The highest BCUT2D eigenvalue weighted by Crippen LogP contribution is 2.35. The quantitative estimate of drug-likeness (QED) is 0.667. The third kappa shape index (κ3) is 4.80. The largest absolute Gasteiger partial charge is 0.491 e. The standard InChI is InChI=1S/C17H27NO2/c1-3-18-16(14-8-9-14)11-10-15-6-4-5-7-17(15)20-13-12-19-2/h4-7,14,16,18H,3,8-13H2,1-2H3. The molecule has 1 fully saturated rings. The lowest BCUT2D eigenvalue weighted by Gasteiger charge is -2.18. The molecule has 1 aliphatic rings. The molecule has 0 aromatic heterocycles. The zero-order chi connectivity index (χ0) is 14.2. The van der Waals surface area contributed by atoms with Crippen LogP contribution in [0.5, 0.6) is 5.75 Å². The normalized spacial score (nSPS) is 16.1. The van der Waals surface area contributed by atoms with Crippen LogP contribution in [0.2, 0.25) is 0 Å². The van der Waals surface area contributed by atoms with Gasteiger partial charge in [-0.15, -0.1) is 0 Å². The van der Waals surface area contributed by atoms with Crippen LogP contribution in [0, 0.1) is 5.92 Å². The van der Waals surface area contributed by atoms with Crippen LogP contribution in [-0.4, -0.2) is 32.9 Å². The van der Waals surface area contributed by atoms with Gasteiger partial charge in [0.1, 0.15) is 12.4 Å². The number of aryl methyl sites for hydroxylation is 1. The second-order valence-electron chi connectivity index (χ2n) is 5.49. The van der Waals surface area contributed by atoms with E-state index in [2.05, 4.69) is 30.4 Å². The van der Waals surface area contributed by atoms with E-state index in [4.69, 9.17) is 9.47 Å². The fraction of sp³-hybridized carbons (Fsp3) is 0.647. The van der Waals surface area contributed by atoms with Gasteiger partial charge in [0.15, 0.2) is 0 Å². The van der Waals surface area contributed by atoms with Gasteiger partial charge >= 0.3 is 0 Å². The Hall–Kier alpha value is -1.06. The average molecular weight is 277 g/mol.